The van der Waals surface area contributed by atoms with E-state index in [0.717, 1.165) is 39.2 Å². The van der Waals surface area contributed by atoms with Crippen LogP contribution in [0.5, 0.6) is 0 Å². The van der Waals surface area contributed by atoms with Crippen molar-refractivity contribution < 1.29 is 4.74 Å². The highest BCUT2D eigenvalue weighted by molar-refractivity contribution is 5.31. The van der Waals surface area contributed by atoms with Crippen molar-refractivity contribution in [2.75, 3.05) is 39.8 Å². The molecule has 0 spiro atoms. The predicted octanol–water partition coefficient (Wildman–Crippen LogP) is 1.84. The Bertz CT molecular complexity index is 367. The van der Waals surface area contributed by atoms with E-state index in [0.29, 0.717) is 0 Å². The summed E-state index contributed by atoms with van der Waals surface area (Å²) in [6, 6.07) is 8.66. The van der Waals surface area contributed by atoms with Crippen molar-refractivity contribution in [2.24, 2.45) is 0 Å². The Morgan fingerprint density at radius 1 is 1.39 bits per heavy atom. The fourth-order valence-electron chi connectivity index (χ4n) is 2.45. The summed E-state index contributed by atoms with van der Waals surface area (Å²) in [6.07, 6.45) is 1.29. The molecule has 1 aliphatic heterocycles. The molecule has 2 rings (SSSR count). The molecule has 1 atom stereocenters. The van der Waals surface area contributed by atoms with Gasteiger partial charge in [0.1, 0.15) is 0 Å². The number of hydrogen-bond donors (Lipinski definition) is 1. The molecule has 3 heteroatoms. The zero-order valence-corrected chi connectivity index (χ0v) is 11.5. The largest absolute Gasteiger partial charge is 0.372 e. The molecule has 1 heterocycles. The molecule has 0 bridgehead atoms. The highest BCUT2D eigenvalue weighted by Gasteiger charge is 2.21. The Morgan fingerprint density at radius 2 is 2.22 bits per heavy atom. The minimum atomic E-state index is 0.238. The summed E-state index contributed by atoms with van der Waals surface area (Å²) >= 11 is 0. The summed E-state index contributed by atoms with van der Waals surface area (Å²) < 4.78 is 5.92. The molecule has 3 nitrogen and oxygen atoms in total. The lowest BCUT2D eigenvalue weighted by atomic mass is 9.97. The Morgan fingerprint density at radius 3 is 3.06 bits per heavy atom. The number of ether oxygens (including phenoxy) is 1. The molecule has 0 amide bonds. The van der Waals surface area contributed by atoms with Gasteiger partial charge in [0.05, 0.1) is 12.7 Å². The van der Waals surface area contributed by atoms with Crippen LogP contribution in [0.15, 0.2) is 24.3 Å². The molecule has 0 saturated heterocycles. The smallest absolute Gasteiger partial charge is 0.0954 e. The first kappa shape index (κ1) is 13.5. The second-order valence-electron chi connectivity index (χ2n) is 4.92. The molecule has 1 aromatic carbocycles. The zero-order valence-electron chi connectivity index (χ0n) is 11.5. The van der Waals surface area contributed by atoms with E-state index in [1.807, 2.05) is 0 Å². The second-order valence-corrected chi connectivity index (χ2v) is 4.92. The first-order valence-corrected chi connectivity index (χ1v) is 6.90. The number of nitrogens with one attached hydrogen (secondary N) is 1. The quantitative estimate of drug-likeness (QED) is 0.778. The summed E-state index contributed by atoms with van der Waals surface area (Å²) in [5.74, 6) is 0. The van der Waals surface area contributed by atoms with Crippen LogP contribution in [0.3, 0.4) is 0 Å². The number of fused-ring (bicyclic) bond motifs is 1. The Kier molecular flexibility index (Phi) is 5.17. The van der Waals surface area contributed by atoms with Gasteiger partial charge in [-0.05, 0) is 31.1 Å². The van der Waals surface area contributed by atoms with Crippen molar-refractivity contribution in [3.8, 4) is 0 Å². The molecule has 18 heavy (non-hydrogen) atoms. The predicted molar refractivity (Wildman–Crippen MR) is 74.9 cm³/mol. The monoisotopic (exact) mass is 248 g/mol. The molecule has 1 aliphatic rings. The van der Waals surface area contributed by atoms with E-state index in [2.05, 4.69) is 48.5 Å². The molecular formula is C15H24N2O. The van der Waals surface area contributed by atoms with Gasteiger partial charge in [-0.3, -0.25) is 0 Å². The first-order valence-electron chi connectivity index (χ1n) is 6.90. The molecule has 0 fully saturated rings. The van der Waals surface area contributed by atoms with Crippen LogP contribution in [0, 0.1) is 0 Å². The molecule has 100 valence electrons. The number of hydrogen-bond acceptors (Lipinski definition) is 3. The van der Waals surface area contributed by atoms with Crippen molar-refractivity contribution in [3.63, 3.8) is 0 Å². The lowest BCUT2D eigenvalue weighted by Gasteiger charge is -2.29. The second kappa shape index (κ2) is 6.88. The van der Waals surface area contributed by atoms with Gasteiger partial charge < -0.3 is 15.0 Å². The number of benzene rings is 1. The van der Waals surface area contributed by atoms with Gasteiger partial charge >= 0.3 is 0 Å². The third-order valence-corrected chi connectivity index (χ3v) is 3.49. The maximum Gasteiger partial charge on any atom is 0.0954 e. The lowest BCUT2D eigenvalue weighted by molar-refractivity contribution is 0.0213. The fraction of sp³-hybridized carbons (Fsp3) is 0.600. The van der Waals surface area contributed by atoms with Crippen LogP contribution < -0.4 is 5.32 Å². The van der Waals surface area contributed by atoms with Crippen molar-refractivity contribution in [3.05, 3.63) is 35.4 Å². The van der Waals surface area contributed by atoms with Crippen molar-refractivity contribution in [1.82, 2.24) is 10.2 Å². The van der Waals surface area contributed by atoms with Crippen LogP contribution in [0.2, 0.25) is 0 Å². The average Bonchev–Trinajstić information content (AvgIpc) is 2.39. The molecule has 1 N–H and O–H groups in total. The molecule has 0 radical (unpaired) electrons. The number of nitrogens with zero attached hydrogens (tertiary/aromatic N) is 1. The summed E-state index contributed by atoms with van der Waals surface area (Å²) in [6.45, 7) is 7.11. The van der Waals surface area contributed by atoms with Gasteiger partial charge in [0.2, 0.25) is 0 Å². The van der Waals surface area contributed by atoms with Crippen LogP contribution in [0.4, 0.5) is 0 Å². The number of rotatable bonds is 6. The van der Waals surface area contributed by atoms with E-state index in [-0.39, 0.29) is 6.10 Å². The summed E-state index contributed by atoms with van der Waals surface area (Å²) in [4.78, 5) is 2.34. The average molecular weight is 248 g/mol. The van der Waals surface area contributed by atoms with Crippen molar-refractivity contribution in [1.29, 1.82) is 0 Å². The summed E-state index contributed by atoms with van der Waals surface area (Å²) in [7, 11) is 2.16. The minimum absolute atomic E-state index is 0.238. The fourth-order valence-corrected chi connectivity index (χ4v) is 2.45. The van der Waals surface area contributed by atoms with Gasteiger partial charge in [-0.15, -0.1) is 0 Å². The summed E-state index contributed by atoms with van der Waals surface area (Å²) in [5, 5.41) is 3.35. The number of likely N-dealkylation sites (N-methyl/N-ethyl adjacent to an activating group) is 2. The van der Waals surface area contributed by atoms with Gasteiger partial charge in [0.25, 0.3) is 0 Å². The van der Waals surface area contributed by atoms with Crippen molar-refractivity contribution in [2.45, 2.75) is 19.4 Å². The molecule has 1 unspecified atom stereocenters. The van der Waals surface area contributed by atoms with Crippen LogP contribution in [0.25, 0.3) is 0 Å². The SMILES string of the molecule is CCNCCN(C)CC1OCCc2ccccc21. The molecule has 1 aromatic rings. The zero-order chi connectivity index (χ0) is 12.8. The lowest BCUT2D eigenvalue weighted by Crippen LogP contribution is -2.34. The van der Waals surface area contributed by atoms with E-state index in [4.69, 9.17) is 4.74 Å². The standard InChI is InChI=1S/C15H24N2O/c1-3-16-9-10-17(2)12-15-14-7-5-4-6-13(14)8-11-18-15/h4-7,15-16H,3,8-12H2,1-2H3. The van der Waals surface area contributed by atoms with Crippen LogP contribution >= 0.6 is 0 Å². The molecule has 0 saturated carbocycles. The van der Waals surface area contributed by atoms with E-state index >= 15 is 0 Å². The van der Waals surface area contributed by atoms with Gasteiger partial charge in [-0.2, -0.15) is 0 Å². The van der Waals surface area contributed by atoms with E-state index in [1.165, 1.54) is 11.1 Å². The highest BCUT2D eigenvalue weighted by atomic mass is 16.5. The molecule has 0 aliphatic carbocycles. The van der Waals surface area contributed by atoms with Crippen molar-refractivity contribution >= 4 is 0 Å². The maximum absolute atomic E-state index is 5.92. The highest BCUT2D eigenvalue weighted by Crippen LogP contribution is 2.27. The van der Waals surface area contributed by atoms with Gasteiger partial charge in [0, 0.05) is 19.6 Å². The third-order valence-electron chi connectivity index (χ3n) is 3.49. The van der Waals surface area contributed by atoms with Gasteiger partial charge in [-0.25, -0.2) is 0 Å². The third kappa shape index (κ3) is 3.55. The molecule has 0 aromatic heterocycles. The topological polar surface area (TPSA) is 24.5 Å². The normalized spacial score (nSPS) is 18.9. The van der Waals surface area contributed by atoms with Gasteiger partial charge in [0.15, 0.2) is 0 Å². The van der Waals surface area contributed by atoms with E-state index < -0.39 is 0 Å². The Hall–Kier alpha value is -0.900. The van der Waals surface area contributed by atoms with E-state index in [9.17, 15) is 0 Å². The Balaban J connectivity index is 1.90. The van der Waals surface area contributed by atoms with Crippen LogP contribution in [-0.2, 0) is 11.2 Å². The first-order chi connectivity index (χ1) is 8.81. The van der Waals surface area contributed by atoms with Crippen LogP contribution in [0.1, 0.15) is 24.2 Å². The minimum Gasteiger partial charge on any atom is -0.372 e. The maximum atomic E-state index is 5.92. The molecular weight excluding hydrogens is 224 g/mol. The van der Waals surface area contributed by atoms with Crippen LogP contribution in [-0.4, -0.2) is 44.7 Å². The van der Waals surface area contributed by atoms with E-state index in [1.54, 1.807) is 0 Å². The van der Waals surface area contributed by atoms with Gasteiger partial charge in [-0.1, -0.05) is 31.2 Å². The summed E-state index contributed by atoms with van der Waals surface area (Å²) in [5.41, 5.74) is 2.83. The Labute approximate surface area is 110 Å².